The molecule has 1 aromatic heterocycles. The summed E-state index contributed by atoms with van der Waals surface area (Å²) >= 11 is 0. The molecule has 6 heteroatoms. The summed E-state index contributed by atoms with van der Waals surface area (Å²) < 4.78 is 15.5. The van der Waals surface area contributed by atoms with E-state index in [0.717, 1.165) is 5.57 Å². The van der Waals surface area contributed by atoms with Crippen molar-refractivity contribution >= 4 is 17.6 Å². The van der Waals surface area contributed by atoms with Gasteiger partial charge in [0.05, 0.1) is 13.4 Å². The summed E-state index contributed by atoms with van der Waals surface area (Å²) in [6.07, 6.45) is 3.59. The van der Waals surface area contributed by atoms with Crippen LogP contribution in [0.5, 0.6) is 0 Å². The lowest BCUT2D eigenvalue weighted by Gasteiger charge is -2.29. The number of ether oxygens (including phenoxy) is 2. The molecule has 22 heavy (non-hydrogen) atoms. The van der Waals surface area contributed by atoms with E-state index < -0.39 is 11.6 Å². The van der Waals surface area contributed by atoms with E-state index >= 15 is 0 Å². The number of hydrogen-bond donors (Lipinski definition) is 0. The number of carbonyl (C=O) groups excluding carboxylic acids is 2. The lowest BCUT2D eigenvalue weighted by atomic mass is 10.0. The van der Waals surface area contributed by atoms with Crippen LogP contribution in [0.4, 0.5) is 4.79 Å². The van der Waals surface area contributed by atoms with Crippen LogP contribution in [0.2, 0.25) is 0 Å². The molecule has 0 saturated heterocycles. The van der Waals surface area contributed by atoms with Gasteiger partial charge in [-0.1, -0.05) is 6.08 Å². The van der Waals surface area contributed by atoms with Gasteiger partial charge in [-0.05, 0) is 38.8 Å². The molecule has 0 spiro atoms. The van der Waals surface area contributed by atoms with Gasteiger partial charge in [-0.15, -0.1) is 0 Å². The quantitative estimate of drug-likeness (QED) is 0.785. The summed E-state index contributed by atoms with van der Waals surface area (Å²) in [5.74, 6) is 0.0786. The first-order valence-corrected chi connectivity index (χ1v) is 7.15. The predicted octanol–water partition coefficient (Wildman–Crippen LogP) is 3.09. The Morgan fingerprint density at radius 2 is 2.05 bits per heavy atom. The summed E-state index contributed by atoms with van der Waals surface area (Å²) in [4.78, 5) is 25.3. The summed E-state index contributed by atoms with van der Waals surface area (Å²) in [5.41, 5.74) is 0.782. The molecule has 0 atom stereocenters. The van der Waals surface area contributed by atoms with Crippen LogP contribution in [0.1, 0.15) is 43.3 Å². The van der Waals surface area contributed by atoms with Crippen LogP contribution in [-0.2, 0) is 9.47 Å². The van der Waals surface area contributed by atoms with Crippen LogP contribution in [-0.4, -0.2) is 42.8 Å². The fourth-order valence-electron chi connectivity index (χ4n) is 2.20. The maximum absolute atomic E-state index is 12.0. The molecule has 1 aromatic rings. The highest BCUT2D eigenvalue weighted by Crippen LogP contribution is 2.27. The first-order chi connectivity index (χ1) is 10.3. The van der Waals surface area contributed by atoms with Crippen LogP contribution in [0.25, 0.3) is 5.57 Å². The lowest BCUT2D eigenvalue weighted by molar-refractivity contribution is 0.0269. The van der Waals surface area contributed by atoms with Crippen molar-refractivity contribution in [2.45, 2.75) is 32.8 Å². The Labute approximate surface area is 129 Å². The second-order valence-electron chi connectivity index (χ2n) is 6.06. The highest BCUT2D eigenvalue weighted by atomic mass is 16.6. The molecule has 0 aliphatic carbocycles. The average Bonchev–Trinajstić information content (AvgIpc) is 2.94. The van der Waals surface area contributed by atoms with E-state index in [4.69, 9.17) is 13.9 Å². The van der Waals surface area contributed by atoms with Crippen molar-refractivity contribution in [3.63, 3.8) is 0 Å². The first-order valence-electron chi connectivity index (χ1n) is 7.15. The highest BCUT2D eigenvalue weighted by Gasteiger charge is 2.26. The number of esters is 1. The molecule has 0 bridgehead atoms. The van der Waals surface area contributed by atoms with E-state index in [-0.39, 0.29) is 6.09 Å². The zero-order valence-corrected chi connectivity index (χ0v) is 13.3. The molecule has 120 valence electrons. The third-order valence-electron chi connectivity index (χ3n) is 3.22. The zero-order valence-electron chi connectivity index (χ0n) is 13.3. The number of amides is 1. The van der Waals surface area contributed by atoms with E-state index in [0.29, 0.717) is 30.8 Å². The Hall–Kier alpha value is -2.24. The second kappa shape index (κ2) is 6.25. The van der Waals surface area contributed by atoms with Crippen LogP contribution in [0.15, 0.2) is 22.8 Å². The van der Waals surface area contributed by atoms with Crippen LogP contribution in [0.3, 0.4) is 0 Å². The van der Waals surface area contributed by atoms with E-state index in [1.807, 2.05) is 26.8 Å². The van der Waals surface area contributed by atoms with Crippen LogP contribution in [0, 0.1) is 0 Å². The van der Waals surface area contributed by atoms with Gasteiger partial charge in [0, 0.05) is 13.1 Å². The van der Waals surface area contributed by atoms with Crippen molar-refractivity contribution in [2.24, 2.45) is 0 Å². The summed E-state index contributed by atoms with van der Waals surface area (Å²) in [7, 11) is 1.33. The Morgan fingerprint density at radius 1 is 1.32 bits per heavy atom. The molecule has 1 amide bonds. The van der Waals surface area contributed by atoms with Gasteiger partial charge in [-0.2, -0.15) is 0 Å². The molecule has 2 rings (SSSR count). The van der Waals surface area contributed by atoms with Crippen molar-refractivity contribution in [1.82, 2.24) is 4.90 Å². The molecular weight excluding hydrogens is 286 g/mol. The van der Waals surface area contributed by atoms with Crippen molar-refractivity contribution in [1.29, 1.82) is 0 Å². The van der Waals surface area contributed by atoms with Gasteiger partial charge in [-0.25, -0.2) is 9.59 Å². The number of rotatable bonds is 2. The van der Waals surface area contributed by atoms with E-state index in [9.17, 15) is 9.59 Å². The van der Waals surface area contributed by atoms with Crippen molar-refractivity contribution in [2.75, 3.05) is 20.2 Å². The molecule has 0 aromatic carbocycles. The summed E-state index contributed by atoms with van der Waals surface area (Å²) in [6, 6.07) is 1.59. The summed E-state index contributed by atoms with van der Waals surface area (Å²) in [6.45, 7) is 6.44. The standard InChI is InChI=1S/C16H21NO5/c1-16(2,3)22-15(19)17-8-5-11(6-9-17)13-12(7-10-21-13)14(18)20-4/h5,7,10H,6,8-9H2,1-4H3. The fraction of sp³-hybridized carbons (Fsp3) is 0.500. The monoisotopic (exact) mass is 307 g/mol. The maximum atomic E-state index is 12.0. The Bertz CT molecular complexity index is 594. The number of nitrogens with zero attached hydrogens (tertiary/aromatic N) is 1. The Balaban J connectivity index is 2.08. The minimum absolute atomic E-state index is 0.338. The third-order valence-corrected chi connectivity index (χ3v) is 3.22. The molecule has 2 heterocycles. The van der Waals surface area contributed by atoms with Gasteiger partial charge >= 0.3 is 12.1 Å². The largest absolute Gasteiger partial charge is 0.465 e. The van der Waals surface area contributed by atoms with Gasteiger partial charge in [-0.3, -0.25) is 0 Å². The molecule has 0 radical (unpaired) electrons. The minimum atomic E-state index is -0.514. The molecular formula is C16H21NO5. The highest BCUT2D eigenvalue weighted by molar-refractivity contribution is 5.94. The molecule has 0 N–H and O–H groups in total. The van der Waals surface area contributed by atoms with Gasteiger partial charge in [0.1, 0.15) is 16.9 Å². The van der Waals surface area contributed by atoms with E-state index in [1.165, 1.54) is 13.4 Å². The lowest BCUT2D eigenvalue weighted by Crippen LogP contribution is -2.39. The molecule has 1 aliphatic heterocycles. The third kappa shape index (κ3) is 3.69. The SMILES string of the molecule is COC(=O)c1ccoc1C1=CCN(C(=O)OC(C)(C)C)CC1. The second-order valence-corrected chi connectivity index (χ2v) is 6.06. The fourth-order valence-corrected chi connectivity index (χ4v) is 2.20. The molecule has 1 aliphatic rings. The molecule has 0 saturated carbocycles. The Kier molecular flexibility index (Phi) is 4.59. The number of hydrogen-bond acceptors (Lipinski definition) is 5. The average molecular weight is 307 g/mol. The van der Waals surface area contributed by atoms with Crippen molar-refractivity contribution in [3.05, 3.63) is 29.7 Å². The van der Waals surface area contributed by atoms with Gasteiger partial charge < -0.3 is 18.8 Å². The van der Waals surface area contributed by atoms with Gasteiger partial charge in [0.15, 0.2) is 0 Å². The minimum Gasteiger partial charge on any atom is -0.465 e. The molecule has 0 unspecified atom stereocenters. The normalized spacial score (nSPS) is 15.3. The molecule has 0 fully saturated rings. The predicted molar refractivity (Wildman–Crippen MR) is 80.4 cm³/mol. The van der Waals surface area contributed by atoms with Gasteiger partial charge in [0.25, 0.3) is 0 Å². The topological polar surface area (TPSA) is 69.0 Å². The molecule has 6 nitrogen and oxygen atoms in total. The van der Waals surface area contributed by atoms with Crippen LogP contribution >= 0.6 is 0 Å². The zero-order chi connectivity index (χ0) is 16.3. The summed E-state index contributed by atoms with van der Waals surface area (Å²) in [5, 5.41) is 0. The number of methoxy groups -OCH3 is 1. The van der Waals surface area contributed by atoms with Crippen molar-refractivity contribution < 1.29 is 23.5 Å². The first kappa shape index (κ1) is 16.1. The van der Waals surface area contributed by atoms with E-state index in [2.05, 4.69) is 0 Å². The maximum Gasteiger partial charge on any atom is 0.410 e. The number of furan rings is 1. The van der Waals surface area contributed by atoms with Crippen molar-refractivity contribution in [3.8, 4) is 0 Å². The number of carbonyl (C=O) groups is 2. The van der Waals surface area contributed by atoms with E-state index in [1.54, 1.807) is 11.0 Å². The van der Waals surface area contributed by atoms with Crippen LogP contribution < -0.4 is 0 Å². The Morgan fingerprint density at radius 3 is 2.59 bits per heavy atom. The van der Waals surface area contributed by atoms with Gasteiger partial charge in [0.2, 0.25) is 0 Å². The smallest absolute Gasteiger partial charge is 0.410 e.